The number of aliphatic carboxylic acids is 1. The lowest BCUT2D eigenvalue weighted by molar-refractivity contribution is -0.139. The first-order valence-electron chi connectivity index (χ1n) is 5.90. The summed E-state index contributed by atoms with van der Waals surface area (Å²) < 4.78 is 0. The van der Waals surface area contributed by atoms with Gasteiger partial charge in [-0.3, -0.25) is 0 Å². The largest absolute Gasteiger partial charge is 0.480 e. The molecule has 0 aromatic rings. The Morgan fingerprint density at radius 3 is 2.76 bits per heavy atom. The van der Waals surface area contributed by atoms with Crippen LogP contribution in [0.15, 0.2) is 0 Å². The molecule has 1 rings (SSSR count). The quantitative estimate of drug-likeness (QED) is 0.783. The minimum atomic E-state index is -0.964. The first-order chi connectivity index (χ1) is 8.06. The van der Waals surface area contributed by atoms with Gasteiger partial charge in [-0.1, -0.05) is 13.3 Å². The lowest BCUT2D eigenvalue weighted by Gasteiger charge is -2.26. The molecular weight excluding hydrogens is 240 g/mol. The maximum atomic E-state index is 11.9. The van der Waals surface area contributed by atoms with Crippen molar-refractivity contribution >= 4 is 23.8 Å². The molecule has 1 saturated heterocycles. The van der Waals surface area contributed by atoms with Crippen LogP contribution in [0.4, 0.5) is 4.79 Å². The summed E-state index contributed by atoms with van der Waals surface area (Å²) in [4.78, 5) is 24.4. The second-order valence-electron chi connectivity index (χ2n) is 4.26. The van der Waals surface area contributed by atoms with E-state index < -0.39 is 12.0 Å². The number of carboxylic acids is 1. The topological polar surface area (TPSA) is 69.6 Å². The fourth-order valence-corrected chi connectivity index (χ4v) is 3.06. The van der Waals surface area contributed by atoms with Gasteiger partial charge in [0.1, 0.15) is 6.04 Å². The smallest absolute Gasteiger partial charge is 0.326 e. The van der Waals surface area contributed by atoms with Gasteiger partial charge in [-0.15, -0.1) is 0 Å². The maximum absolute atomic E-state index is 11.9. The number of nitrogens with zero attached hydrogens (tertiary/aromatic N) is 1. The molecule has 0 aliphatic carbocycles. The zero-order valence-corrected chi connectivity index (χ0v) is 11.1. The van der Waals surface area contributed by atoms with Gasteiger partial charge in [0.2, 0.25) is 0 Å². The average molecular weight is 260 g/mol. The third kappa shape index (κ3) is 4.11. The predicted molar refractivity (Wildman–Crippen MR) is 68.4 cm³/mol. The van der Waals surface area contributed by atoms with Crippen molar-refractivity contribution in [3.8, 4) is 0 Å². The molecule has 2 N–H and O–H groups in total. The van der Waals surface area contributed by atoms with Gasteiger partial charge in [-0.05, 0) is 18.6 Å². The van der Waals surface area contributed by atoms with Crippen LogP contribution in [0.5, 0.6) is 0 Å². The van der Waals surface area contributed by atoms with Gasteiger partial charge in [-0.25, -0.2) is 9.59 Å². The molecule has 0 bridgehead atoms. The maximum Gasteiger partial charge on any atom is 0.326 e. The summed E-state index contributed by atoms with van der Waals surface area (Å²) in [5.41, 5.74) is 0. The Morgan fingerprint density at radius 1 is 1.59 bits per heavy atom. The number of rotatable bonds is 5. The monoisotopic (exact) mass is 260 g/mol. The lowest BCUT2D eigenvalue weighted by atomic mass is 10.2. The first kappa shape index (κ1) is 14.2. The van der Waals surface area contributed by atoms with E-state index in [0.29, 0.717) is 6.42 Å². The fraction of sp³-hybridized carbons (Fsp3) is 0.818. The molecule has 98 valence electrons. The highest BCUT2D eigenvalue weighted by molar-refractivity contribution is 7.99. The number of amides is 2. The highest BCUT2D eigenvalue weighted by Gasteiger charge is 2.26. The number of carbonyl (C=O) groups is 2. The van der Waals surface area contributed by atoms with E-state index in [0.717, 1.165) is 24.3 Å². The molecule has 1 fully saturated rings. The zero-order chi connectivity index (χ0) is 12.8. The van der Waals surface area contributed by atoms with Crippen LogP contribution in [0.25, 0.3) is 0 Å². The van der Waals surface area contributed by atoms with Gasteiger partial charge >= 0.3 is 12.0 Å². The van der Waals surface area contributed by atoms with Gasteiger partial charge in [0, 0.05) is 18.8 Å². The highest BCUT2D eigenvalue weighted by Crippen LogP contribution is 2.21. The van der Waals surface area contributed by atoms with Crippen LogP contribution in [0.2, 0.25) is 0 Å². The molecule has 0 aromatic carbocycles. The minimum absolute atomic E-state index is 0.232. The van der Waals surface area contributed by atoms with Crippen molar-refractivity contribution in [1.29, 1.82) is 0 Å². The third-order valence-electron chi connectivity index (χ3n) is 2.95. The van der Waals surface area contributed by atoms with Gasteiger partial charge in [0.25, 0.3) is 0 Å². The normalized spacial score (nSPS) is 20.9. The second kappa shape index (κ2) is 6.74. The first-order valence-corrected chi connectivity index (χ1v) is 7.05. The van der Waals surface area contributed by atoms with Crippen LogP contribution in [0.1, 0.15) is 26.2 Å². The molecule has 5 nitrogen and oxygen atoms in total. The second-order valence-corrected chi connectivity index (χ2v) is 5.41. The van der Waals surface area contributed by atoms with E-state index in [4.69, 9.17) is 5.11 Å². The standard InChI is InChI=1S/C11H20N2O3S/c1-3-4-9(10(14)15)12-11(16)13(2)8-5-6-17-7-8/h8-9H,3-7H2,1-2H3,(H,12,16)(H,14,15)/t8?,9-/m1/s1. The summed E-state index contributed by atoms with van der Waals surface area (Å²) in [5, 5.41) is 11.5. The van der Waals surface area contributed by atoms with E-state index in [1.165, 1.54) is 0 Å². The highest BCUT2D eigenvalue weighted by atomic mass is 32.2. The molecular formula is C11H20N2O3S. The Bertz CT molecular complexity index is 280. The van der Waals surface area contributed by atoms with Gasteiger partial charge in [0.05, 0.1) is 0 Å². The Hall–Kier alpha value is -0.910. The number of hydrogen-bond donors (Lipinski definition) is 2. The zero-order valence-electron chi connectivity index (χ0n) is 10.3. The number of hydrogen-bond acceptors (Lipinski definition) is 3. The van der Waals surface area contributed by atoms with Crippen LogP contribution < -0.4 is 5.32 Å². The van der Waals surface area contributed by atoms with Gasteiger partial charge in [0.15, 0.2) is 0 Å². The van der Waals surface area contributed by atoms with E-state index in [1.54, 1.807) is 11.9 Å². The molecule has 17 heavy (non-hydrogen) atoms. The Labute approximate surface area is 106 Å². The molecule has 0 aromatic heterocycles. The van der Waals surface area contributed by atoms with Crippen LogP contribution >= 0.6 is 11.8 Å². The number of carboxylic acid groups (broad SMARTS) is 1. The average Bonchev–Trinajstić information content (AvgIpc) is 2.80. The number of carbonyl (C=O) groups excluding carboxylic acids is 1. The van der Waals surface area contributed by atoms with Crippen molar-refractivity contribution in [2.75, 3.05) is 18.6 Å². The number of nitrogens with one attached hydrogen (secondary N) is 1. The van der Waals surface area contributed by atoms with Crippen LogP contribution in [0.3, 0.4) is 0 Å². The van der Waals surface area contributed by atoms with Crippen molar-refractivity contribution in [2.45, 2.75) is 38.3 Å². The Balaban J connectivity index is 2.47. The third-order valence-corrected chi connectivity index (χ3v) is 4.09. The van der Waals surface area contributed by atoms with E-state index in [2.05, 4.69) is 5.32 Å². The van der Waals surface area contributed by atoms with E-state index in [1.807, 2.05) is 18.7 Å². The number of urea groups is 1. The molecule has 0 spiro atoms. The van der Waals surface area contributed by atoms with Gasteiger partial charge < -0.3 is 15.3 Å². The van der Waals surface area contributed by atoms with Crippen molar-refractivity contribution in [3.63, 3.8) is 0 Å². The minimum Gasteiger partial charge on any atom is -0.480 e. The molecule has 1 heterocycles. The summed E-state index contributed by atoms with van der Waals surface area (Å²) in [6.07, 6.45) is 2.19. The fourth-order valence-electron chi connectivity index (χ4n) is 1.79. The molecule has 1 aliphatic heterocycles. The van der Waals surface area contributed by atoms with E-state index in [-0.39, 0.29) is 12.1 Å². The van der Waals surface area contributed by atoms with Crippen LogP contribution in [0, 0.1) is 0 Å². The molecule has 6 heteroatoms. The van der Waals surface area contributed by atoms with Crippen molar-refractivity contribution in [2.24, 2.45) is 0 Å². The summed E-state index contributed by atoms with van der Waals surface area (Å²) in [6.45, 7) is 1.90. The molecule has 2 amide bonds. The molecule has 0 saturated carbocycles. The van der Waals surface area contributed by atoms with Gasteiger partial charge in [-0.2, -0.15) is 11.8 Å². The Morgan fingerprint density at radius 2 is 2.29 bits per heavy atom. The summed E-state index contributed by atoms with van der Waals surface area (Å²) in [5.74, 6) is 1.05. The van der Waals surface area contributed by atoms with Crippen molar-refractivity contribution in [3.05, 3.63) is 0 Å². The molecule has 1 aliphatic rings. The summed E-state index contributed by atoms with van der Waals surface area (Å²) in [6, 6.07) is -0.821. The lowest BCUT2D eigenvalue weighted by Crippen LogP contribution is -2.49. The van der Waals surface area contributed by atoms with E-state index in [9.17, 15) is 9.59 Å². The Kier molecular flexibility index (Phi) is 5.61. The van der Waals surface area contributed by atoms with Crippen LogP contribution in [-0.2, 0) is 4.79 Å². The van der Waals surface area contributed by atoms with Crippen LogP contribution in [-0.4, -0.2) is 52.6 Å². The van der Waals surface area contributed by atoms with Crippen molar-refractivity contribution in [1.82, 2.24) is 10.2 Å². The summed E-state index contributed by atoms with van der Waals surface area (Å²) in [7, 11) is 1.73. The SMILES string of the molecule is CCC[C@@H](NC(=O)N(C)C1CCSC1)C(=O)O. The molecule has 0 radical (unpaired) electrons. The van der Waals surface area contributed by atoms with Crippen molar-refractivity contribution < 1.29 is 14.7 Å². The van der Waals surface area contributed by atoms with E-state index >= 15 is 0 Å². The predicted octanol–water partition coefficient (Wildman–Crippen LogP) is 1.39. The summed E-state index contributed by atoms with van der Waals surface area (Å²) >= 11 is 1.83. The number of thioether (sulfide) groups is 1. The molecule has 1 unspecified atom stereocenters. The molecule has 2 atom stereocenters.